The number of rotatable bonds is 5. The first-order valence-electron chi connectivity index (χ1n) is 6.39. The summed E-state index contributed by atoms with van der Waals surface area (Å²) in [4.78, 5) is 14.3. The van der Waals surface area contributed by atoms with Crippen molar-refractivity contribution in [1.82, 2.24) is 4.90 Å². The number of phenolic OH excluding ortho intramolecular Hbond substituents is 1. The van der Waals surface area contributed by atoms with Gasteiger partial charge in [0.05, 0.1) is 5.56 Å². The van der Waals surface area contributed by atoms with Crippen molar-refractivity contribution in [3.05, 3.63) is 28.2 Å². The molecule has 0 saturated heterocycles. The number of hydrogen-bond donors (Lipinski definition) is 1. The van der Waals surface area contributed by atoms with Gasteiger partial charge in [0.25, 0.3) is 5.91 Å². The molecule has 1 aliphatic carbocycles. The Labute approximate surface area is 116 Å². The van der Waals surface area contributed by atoms with Gasteiger partial charge in [-0.05, 0) is 43.4 Å². The van der Waals surface area contributed by atoms with Crippen molar-refractivity contribution in [2.24, 2.45) is 5.92 Å². The Morgan fingerprint density at radius 3 is 2.83 bits per heavy atom. The van der Waals surface area contributed by atoms with Crippen LogP contribution in [0, 0.1) is 5.92 Å². The molecule has 1 fully saturated rings. The van der Waals surface area contributed by atoms with Crippen LogP contribution in [-0.4, -0.2) is 29.0 Å². The fourth-order valence-electron chi connectivity index (χ4n) is 2.01. The molecule has 0 unspecified atom stereocenters. The molecule has 0 heterocycles. The minimum absolute atomic E-state index is 0.0556. The Morgan fingerprint density at radius 2 is 2.22 bits per heavy atom. The predicted octanol–water partition coefficient (Wildman–Crippen LogP) is 3.42. The van der Waals surface area contributed by atoms with E-state index in [2.05, 4.69) is 22.9 Å². The van der Waals surface area contributed by atoms with Crippen molar-refractivity contribution in [2.45, 2.75) is 26.2 Å². The molecule has 1 aliphatic rings. The molecular formula is C14H18BrNO2. The molecule has 1 N–H and O–H groups in total. The van der Waals surface area contributed by atoms with Gasteiger partial charge in [-0.2, -0.15) is 0 Å². The first-order valence-corrected chi connectivity index (χ1v) is 7.19. The number of aromatic hydroxyl groups is 1. The molecule has 98 valence electrons. The minimum atomic E-state index is -0.0671. The van der Waals surface area contributed by atoms with Gasteiger partial charge >= 0.3 is 0 Å². The molecular weight excluding hydrogens is 294 g/mol. The maximum atomic E-state index is 12.4. The largest absolute Gasteiger partial charge is 0.507 e. The first kappa shape index (κ1) is 13.4. The van der Waals surface area contributed by atoms with E-state index in [1.54, 1.807) is 18.2 Å². The molecule has 1 saturated carbocycles. The smallest absolute Gasteiger partial charge is 0.257 e. The average molecular weight is 312 g/mol. The van der Waals surface area contributed by atoms with Crippen LogP contribution in [0.15, 0.2) is 22.7 Å². The van der Waals surface area contributed by atoms with Crippen LogP contribution in [-0.2, 0) is 0 Å². The maximum absolute atomic E-state index is 12.4. The van der Waals surface area contributed by atoms with Crippen molar-refractivity contribution in [3.8, 4) is 5.75 Å². The highest BCUT2D eigenvalue weighted by Crippen LogP contribution is 2.31. The standard InChI is InChI=1S/C14H18BrNO2/c1-2-7-16(9-10-3-4-10)14(18)12-8-11(15)5-6-13(12)17/h5-6,8,10,17H,2-4,7,9H2,1H3. The van der Waals surface area contributed by atoms with Gasteiger partial charge < -0.3 is 10.0 Å². The van der Waals surface area contributed by atoms with Crippen LogP contribution in [0.4, 0.5) is 0 Å². The first-order chi connectivity index (χ1) is 8.61. The Balaban J connectivity index is 2.17. The molecule has 0 atom stereocenters. The molecule has 0 spiro atoms. The zero-order valence-corrected chi connectivity index (χ0v) is 12.1. The summed E-state index contributed by atoms with van der Waals surface area (Å²) in [5.41, 5.74) is 0.387. The summed E-state index contributed by atoms with van der Waals surface area (Å²) in [5, 5.41) is 9.80. The molecule has 2 rings (SSSR count). The molecule has 18 heavy (non-hydrogen) atoms. The Morgan fingerprint density at radius 1 is 1.50 bits per heavy atom. The van der Waals surface area contributed by atoms with Crippen LogP contribution in [0.3, 0.4) is 0 Å². The van der Waals surface area contributed by atoms with Gasteiger partial charge in [0.15, 0.2) is 0 Å². The highest BCUT2D eigenvalue weighted by molar-refractivity contribution is 9.10. The van der Waals surface area contributed by atoms with Crippen molar-refractivity contribution >= 4 is 21.8 Å². The number of phenols is 1. The lowest BCUT2D eigenvalue weighted by molar-refractivity contribution is 0.0744. The molecule has 0 bridgehead atoms. The van der Waals surface area contributed by atoms with Gasteiger partial charge in [0, 0.05) is 17.6 Å². The van der Waals surface area contributed by atoms with Crippen LogP contribution in [0.25, 0.3) is 0 Å². The number of benzene rings is 1. The molecule has 1 aromatic carbocycles. The average Bonchev–Trinajstić information content (AvgIpc) is 3.15. The molecule has 1 aromatic rings. The highest BCUT2D eigenvalue weighted by Gasteiger charge is 2.27. The van der Waals surface area contributed by atoms with Gasteiger partial charge in [0.2, 0.25) is 0 Å². The van der Waals surface area contributed by atoms with E-state index in [1.165, 1.54) is 12.8 Å². The summed E-state index contributed by atoms with van der Waals surface area (Å²) in [6.45, 7) is 3.63. The minimum Gasteiger partial charge on any atom is -0.507 e. The summed E-state index contributed by atoms with van der Waals surface area (Å²) in [6, 6.07) is 4.98. The molecule has 0 aromatic heterocycles. The van der Waals surface area contributed by atoms with Crippen LogP contribution >= 0.6 is 15.9 Å². The third kappa shape index (κ3) is 3.25. The van der Waals surface area contributed by atoms with E-state index >= 15 is 0 Å². The molecule has 0 aliphatic heterocycles. The second-order valence-electron chi connectivity index (χ2n) is 4.86. The van der Waals surface area contributed by atoms with Gasteiger partial charge in [-0.1, -0.05) is 22.9 Å². The number of halogens is 1. The lowest BCUT2D eigenvalue weighted by atomic mass is 10.1. The lowest BCUT2D eigenvalue weighted by Gasteiger charge is -2.22. The summed E-state index contributed by atoms with van der Waals surface area (Å²) in [7, 11) is 0. The van der Waals surface area contributed by atoms with Crippen LogP contribution in [0.1, 0.15) is 36.5 Å². The van der Waals surface area contributed by atoms with Gasteiger partial charge in [0.1, 0.15) is 5.75 Å². The monoisotopic (exact) mass is 311 g/mol. The van der Waals surface area contributed by atoms with E-state index in [-0.39, 0.29) is 11.7 Å². The normalized spacial score (nSPS) is 14.6. The van der Waals surface area contributed by atoms with Gasteiger partial charge in [-0.15, -0.1) is 0 Å². The molecule has 0 radical (unpaired) electrons. The second kappa shape index (κ2) is 5.74. The summed E-state index contributed by atoms with van der Waals surface area (Å²) in [5.74, 6) is 0.650. The Kier molecular flexibility index (Phi) is 4.27. The fraction of sp³-hybridized carbons (Fsp3) is 0.500. The Hall–Kier alpha value is -1.03. The quantitative estimate of drug-likeness (QED) is 0.905. The fourth-order valence-corrected chi connectivity index (χ4v) is 2.37. The van der Waals surface area contributed by atoms with Crippen LogP contribution < -0.4 is 0 Å². The Bertz CT molecular complexity index is 443. The number of nitrogens with zero attached hydrogens (tertiary/aromatic N) is 1. The van der Waals surface area contributed by atoms with E-state index < -0.39 is 0 Å². The van der Waals surface area contributed by atoms with Crippen LogP contribution in [0.2, 0.25) is 0 Å². The van der Waals surface area contributed by atoms with E-state index in [0.29, 0.717) is 11.5 Å². The van der Waals surface area contributed by atoms with E-state index in [4.69, 9.17) is 0 Å². The van der Waals surface area contributed by atoms with Crippen molar-refractivity contribution < 1.29 is 9.90 Å². The predicted molar refractivity (Wildman–Crippen MR) is 74.7 cm³/mol. The van der Waals surface area contributed by atoms with E-state index in [1.807, 2.05) is 4.90 Å². The van der Waals surface area contributed by atoms with Crippen molar-refractivity contribution in [1.29, 1.82) is 0 Å². The summed E-state index contributed by atoms with van der Waals surface area (Å²) < 4.78 is 0.812. The van der Waals surface area contributed by atoms with E-state index in [0.717, 1.165) is 24.0 Å². The number of amides is 1. The highest BCUT2D eigenvalue weighted by atomic mass is 79.9. The second-order valence-corrected chi connectivity index (χ2v) is 5.77. The van der Waals surface area contributed by atoms with E-state index in [9.17, 15) is 9.90 Å². The third-order valence-corrected chi connectivity index (χ3v) is 3.64. The van der Waals surface area contributed by atoms with Crippen LogP contribution in [0.5, 0.6) is 5.75 Å². The van der Waals surface area contributed by atoms with Crippen molar-refractivity contribution in [3.63, 3.8) is 0 Å². The molecule has 4 heteroatoms. The van der Waals surface area contributed by atoms with Gasteiger partial charge in [-0.3, -0.25) is 4.79 Å². The molecule has 1 amide bonds. The van der Waals surface area contributed by atoms with Gasteiger partial charge in [-0.25, -0.2) is 0 Å². The number of hydrogen-bond acceptors (Lipinski definition) is 2. The summed E-state index contributed by atoms with van der Waals surface area (Å²) in [6.07, 6.45) is 3.38. The number of carbonyl (C=O) groups is 1. The zero-order chi connectivity index (χ0) is 13.1. The zero-order valence-electron chi connectivity index (χ0n) is 10.5. The SMILES string of the molecule is CCCN(CC1CC1)C(=O)c1cc(Br)ccc1O. The summed E-state index contributed by atoms with van der Waals surface area (Å²) >= 11 is 3.33. The maximum Gasteiger partial charge on any atom is 0.257 e. The number of carbonyl (C=O) groups excluding carboxylic acids is 1. The molecule has 3 nitrogen and oxygen atoms in total. The topological polar surface area (TPSA) is 40.5 Å². The van der Waals surface area contributed by atoms with Crippen molar-refractivity contribution in [2.75, 3.05) is 13.1 Å². The lowest BCUT2D eigenvalue weighted by Crippen LogP contribution is -2.33. The third-order valence-electron chi connectivity index (χ3n) is 3.15.